The molecule has 9 heteroatoms. The van der Waals surface area contributed by atoms with Gasteiger partial charge < -0.3 is 15.1 Å². The van der Waals surface area contributed by atoms with Crippen molar-refractivity contribution in [3.8, 4) is 0 Å². The van der Waals surface area contributed by atoms with E-state index in [1.165, 1.54) is 0 Å². The van der Waals surface area contributed by atoms with Gasteiger partial charge in [0.25, 0.3) is 0 Å². The largest absolute Gasteiger partial charge is 0.365 e. The van der Waals surface area contributed by atoms with E-state index in [-0.39, 0.29) is 17.5 Å². The second-order valence-corrected chi connectivity index (χ2v) is 8.04. The Kier molecular flexibility index (Phi) is 4.44. The zero-order valence-corrected chi connectivity index (χ0v) is 13.6. The van der Waals surface area contributed by atoms with Crippen molar-refractivity contribution >= 4 is 21.6 Å². The van der Waals surface area contributed by atoms with Crippen LogP contribution in [0.3, 0.4) is 0 Å². The van der Waals surface area contributed by atoms with Crippen molar-refractivity contribution in [3.05, 3.63) is 6.20 Å². The number of hydrogen-bond donors (Lipinski definition) is 1. The van der Waals surface area contributed by atoms with Crippen molar-refractivity contribution in [3.63, 3.8) is 0 Å². The van der Waals surface area contributed by atoms with E-state index in [9.17, 15) is 8.42 Å². The maximum Gasteiger partial charge on any atom is 0.247 e. The van der Waals surface area contributed by atoms with Gasteiger partial charge in [-0.25, -0.2) is 8.42 Å². The monoisotopic (exact) mass is 326 g/mol. The van der Waals surface area contributed by atoms with E-state index >= 15 is 0 Å². The lowest BCUT2D eigenvalue weighted by molar-refractivity contribution is 0.269. The van der Waals surface area contributed by atoms with Gasteiger partial charge in [-0.3, -0.25) is 0 Å². The Hall–Kier alpha value is -1.48. The van der Waals surface area contributed by atoms with Gasteiger partial charge in [0.15, 0.2) is 15.7 Å². The number of anilines is 2. The molecule has 0 aromatic carbocycles. The number of nitrogens with one attached hydrogen (secondary N) is 1. The molecule has 0 spiro atoms. The highest BCUT2D eigenvalue weighted by atomic mass is 32.2. The Bertz CT molecular complexity index is 615. The van der Waals surface area contributed by atoms with E-state index in [1.807, 2.05) is 0 Å². The molecule has 1 N–H and O–H groups in total. The summed E-state index contributed by atoms with van der Waals surface area (Å²) in [5.74, 6) is 1.63. The van der Waals surface area contributed by atoms with E-state index in [1.54, 1.807) is 6.20 Å². The van der Waals surface area contributed by atoms with Gasteiger partial charge in [-0.1, -0.05) is 6.92 Å². The van der Waals surface area contributed by atoms with E-state index < -0.39 is 9.84 Å². The third kappa shape index (κ3) is 3.64. The molecule has 2 aliphatic rings. The molecule has 1 aromatic heterocycles. The molecule has 2 aliphatic heterocycles. The van der Waals surface area contributed by atoms with Crippen LogP contribution in [0.2, 0.25) is 0 Å². The fraction of sp³-hybridized carbons (Fsp3) is 0.769. The maximum atomic E-state index is 11.5. The minimum absolute atomic E-state index is 0.0773. The highest BCUT2D eigenvalue weighted by Crippen LogP contribution is 2.17. The average molecular weight is 326 g/mol. The number of hydrogen-bond acceptors (Lipinski definition) is 8. The van der Waals surface area contributed by atoms with Gasteiger partial charge in [-0.05, 0) is 13.0 Å². The number of aromatic nitrogens is 3. The summed E-state index contributed by atoms with van der Waals surface area (Å²) < 4.78 is 23.0. The minimum Gasteiger partial charge on any atom is -0.365 e. The number of likely N-dealkylation sites (N-methyl/N-ethyl adjacent to an activating group) is 1. The Morgan fingerprint density at radius 3 is 2.73 bits per heavy atom. The molecule has 0 aliphatic carbocycles. The zero-order valence-electron chi connectivity index (χ0n) is 12.8. The lowest BCUT2D eigenvalue weighted by Gasteiger charge is -2.33. The van der Waals surface area contributed by atoms with Crippen LogP contribution in [0.25, 0.3) is 0 Å². The highest BCUT2D eigenvalue weighted by Gasteiger charge is 2.28. The van der Waals surface area contributed by atoms with E-state index in [0.29, 0.717) is 18.2 Å². The van der Waals surface area contributed by atoms with Crippen LogP contribution in [-0.2, 0) is 9.84 Å². The molecule has 2 saturated heterocycles. The summed E-state index contributed by atoms with van der Waals surface area (Å²) in [6.07, 6.45) is 2.17. The molecule has 3 rings (SSSR count). The summed E-state index contributed by atoms with van der Waals surface area (Å²) in [5, 5.41) is 11.3. The molecular weight excluding hydrogens is 304 g/mol. The maximum absolute atomic E-state index is 11.5. The van der Waals surface area contributed by atoms with Gasteiger partial charge in [0.2, 0.25) is 5.95 Å². The van der Waals surface area contributed by atoms with Crippen molar-refractivity contribution in [2.24, 2.45) is 0 Å². The average Bonchev–Trinajstić information content (AvgIpc) is 2.86. The van der Waals surface area contributed by atoms with Crippen LogP contribution in [0.1, 0.15) is 13.3 Å². The molecule has 22 heavy (non-hydrogen) atoms. The van der Waals surface area contributed by atoms with Crippen molar-refractivity contribution in [2.45, 2.75) is 19.4 Å². The topological polar surface area (TPSA) is 91.3 Å². The molecular formula is C13H22N6O2S. The minimum atomic E-state index is -2.90. The molecule has 3 heterocycles. The Morgan fingerprint density at radius 2 is 2.09 bits per heavy atom. The van der Waals surface area contributed by atoms with Gasteiger partial charge in [-0.2, -0.15) is 10.1 Å². The van der Waals surface area contributed by atoms with Gasteiger partial charge in [0.05, 0.1) is 17.7 Å². The predicted molar refractivity (Wildman–Crippen MR) is 84.8 cm³/mol. The van der Waals surface area contributed by atoms with Crippen LogP contribution >= 0.6 is 0 Å². The molecule has 0 radical (unpaired) electrons. The van der Waals surface area contributed by atoms with E-state index in [2.05, 4.69) is 37.2 Å². The molecule has 2 fully saturated rings. The summed E-state index contributed by atoms with van der Waals surface area (Å²) in [4.78, 5) is 8.99. The van der Waals surface area contributed by atoms with Gasteiger partial charge >= 0.3 is 0 Å². The fourth-order valence-electron chi connectivity index (χ4n) is 2.88. The van der Waals surface area contributed by atoms with Crippen LogP contribution in [0.5, 0.6) is 0 Å². The summed E-state index contributed by atoms with van der Waals surface area (Å²) in [5.41, 5.74) is 0. The van der Waals surface area contributed by atoms with Crippen LogP contribution in [-0.4, -0.2) is 78.8 Å². The van der Waals surface area contributed by atoms with Crippen molar-refractivity contribution in [2.75, 3.05) is 54.4 Å². The van der Waals surface area contributed by atoms with Crippen molar-refractivity contribution < 1.29 is 8.42 Å². The first kappa shape index (κ1) is 15.4. The molecule has 1 aromatic rings. The smallest absolute Gasteiger partial charge is 0.247 e. The van der Waals surface area contributed by atoms with Crippen LogP contribution in [0, 0.1) is 0 Å². The fourth-order valence-corrected chi connectivity index (χ4v) is 4.55. The molecule has 8 nitrogen and oxygen atoms in total. The second kappa shape index (κ2) is 6.33. The van der Waals surface area contributed by atoms with Crippen molar-refractivity contribution in [1.82, 2.24) is 20.1 Å². The highest BCUT2D eigenvalue weighted by molar-refractivity contribution is 7.91. The molecule has 0 bridgehead atoms. The molecule has 0 saturated carbocycles. The number of piperazine rings is 1. The zero-order chi connectivity index (χ0) is 15.6. The Morgan fingerprint density at radius 1 is 1.32 bits per heavy atom. The van der Waals surface area contributed by atoms with Crippen molar-refractivity contribution in [1.29, 1.82) is 0 Å². The predicted octanol–water partition coefficient (Wildman–Crippen LogP) is -0.387. The summed E-state index contributed by atoms with van der Waals surface area (Å²) in [6, 6.07) is -0.0773. The molecule has 122 valence electrons. The summed E-state index contributed by atoms with van der Waals surface area (Å²) in [7, 11) is -2.90. The van der Waals surface area contributed by atoms with Crippen LogP contribution in [0.15, 0.2) is 6.20 Å². The first-order valence-electron chi connectivity index (χ1n) is 7.70. The van der Waals surface area contributed by atoms with Gasteiger partial charge in [-0.15, -0.1) is 5.10 Å². The SMILES string of the molecule is CCN1CCN(c2nncc(NC3CCS(=O)(=O)C3)n2)CC1. The lowest BCUT2D eigenvalue weighted by atomic mass is 10.3. The number of sulfone groups is 1. The molecule has 1 atom stereocenters. The normalized spacial score (nSPS) is 25.3. The standard InChI is InChI=1S/C13H22N6O2S/c1-2-18-4-6-19(7-5-18)13-16-12(9-14-17-13)15-11-3-8-22(20,21)10-11/h9,11H,2-8,10H2,1H3,(H,15,16,17). The molecule has 0 amide bonds. The quantitative estimate of drug-likeness (QED) is 0.800. The number of nitrogens with zero attached hydrogens (tertiary/aromatic N) is 5. The molecule has 1 unspecified atom stereocenters. The van der Waals surface area contributed by atoms with E-state index in [4.69, 9.17) is 0 Å². The number of rotatable bonds is 4. The Labute approximate surface area is 130 Å². The first-order valence-corrected chi connectivity index (χ1v) is 9.52. The third-order valence-electron chi connectivity index (χ3n) is 4.23. The third-order valence-corrected chi connectivity index (χ3v) is 6.00. The van der Waals surface area contributed by atoms with Crippen LogP contribution < -0.4 is 10.2 Å². The van der Waals surface area contributed by atoms with E-state index in [0.717, 1.165) is 32.7 Å². The van der Waals surface area contributed by atoms with Gasteiger partial charge in [0, 0.05) is 32.2 Å². The van der Waals surface area contributed by atoms with Gasteiger partial charge in [0.1, 0.15) is 0 Å². The summed E-state index contributed by atoms with van der Waals surface area (Å²) >= 11 is 0. The Balaban J connectivity index is 1.63. The first-order chi connectivity index (χ1) is 10.6. The summed E-state index contributed by atoms with van der Waals surface area (Å²) in [6.45, 7) is 6.99. The second-order valence-electron chi connectivity index (χ2n) is 5.81. The lowest BCUT2D eigenvalue weighted by Crippen LogP contribution is -2.46. The van der Waals surface area contributed by atoms with Crippen LogP contribution in [0.4, 0.5) is 11.8 Å².